The molecule has 0 atom stereocenters. The van der Waals surface area contributed by atoms with E-state index in [2.05, 4.69) is 16.6 Å². The minimum absolute atomic E-state index is 0.197. The van der Waals surface area contributed by atoms with E-state index in [-0.39, 0.29) is 11.3 Å². The summed E-state index contributed by atoms with van der Waals surface area (Å²) in [6.45, 7) is 9.59. The van der Waals surface area contributed by atoms with Crippen LogP contribution in [0.25, 0.3) is 5.69 Å². The molecule has 0 aliphatic heterocycles. The molecule has 7 nitrogen and oxygen atoms in total. The van der Waals surface area contributed by atoms with E-state index < -0.39 is 18.4 Å². The number of Topliss-reactive ketones (excluding diaryl/α,β-unsaturated/α-hetero) is 2. The minimum atomic E-state index is -1.06. The summed E-state index contributed by atoms with van der Waals surface area (Å²) >= 11 is 0. The zero-order valence-corrected chi connectivity index (χ0v) is 18.6. The lowest BCUT2D eigenvalue weighted by Gasteiger charge is -2.08. The number of ketones is 2. The van der Waals surface area contributed by atoms with Crippen LogP contribution in [-0.2, 0) is 16.1 Å². The van der Waals surface area contributed by atoms with E-state index in [0.717, 1.165) is 30.0 Å². The maximum absolute atomic E-state index is 12.7. The summed E-state index contributed by atoms with van der Waals surface area (Å²) in [5, 5.41) is 4.39. The van der Waals surface area contributed by atoms with Crippen LogP contribution in [0.1, 0.15) is 56.8 Å². The Morgan fingerprint density at radius 2 is 1.68 bits per heavy atom. The first-order chi connectivity index (χ1) is 14.8. The SMILES string of the molecule is CCCn1c(C)cc(C(=O)COC(=O)C(=O)c2c(C)nn(-c3ccccc3)c2C)c1C. The van der Waals surface area contributed by atoms with E-state index in [0.29, 0.717) is 17.0 Å². The second-order valence-electron chi connectivity index (χ2n) is 7.56. The highest BCUT2D eigenvalue weighted by Crippen LogP contribution is 2.20. The Morgan fingerprint density at radius 1 is 1.00 bits per heavy atom. The first-order valence-corrected chi connectivity index (χ1v) is 10.3. The zero-order chi connectivity index (χ0) is 22.7. The number of hydrogen-bond acceptors (Lipinski definition) is 5. The molecule has 162 valence electrons. The molecule has 0 amide bonds. The second-order valence-corrected chi connectivity index (χ2v) is 7.56. The lowest BCUT2D eigenvalue weighted by Crippen LogP contribution is -2.23. The van der Waals surface area contributed by atoms with Crippen LogP contribution in [0, 0.1) is 27.7 Å². The maximum atomic E-state index is 12.7. The Kier molecular flexibility index (Phi) is 6.53. The van der Waals surface area contributed by atoms with Crippen molar-refractivity contribution in [2.45, 2.75) is 47.6 Å². The molecule has 0 spiro atoms. The third-order valence-electron chi connectivity index (χ3n) is 5.36. The van der Waals surface area contributed by atoms with Gasteiger partial charge < -0.3 is 9.30 Å². The average molecular weight is 421 g/mol. The fourth-order valence-electron chi connectivity index (χ4n) is 3.82. The van der Waals surface area contributed by atoms with Gasteiger partial charge in [0.1, 0.15) is 0 Å². The molecule has 0 N–H and O–H groups in total. The highest BCUT2D eigenvalue weighted by Gasteiger charge is 2.27. The van der Waals surface area contributed by atoms with Gasteiger partial charge in [0.2, 0.25) is 5.78 Å². The summed E-state index contributed by atoms with van der Waals surface area (Å²) in [6.07, 6.45) is 0.947. The molecule has 0 aliphatic rings. The molecule has 0 bridgehead atoms. The highest BCUT2D eigenvalue weighted by molar-refractivity contribution is 6.41. The zero-order valence-electron chi connectivity index (χ0n) is 18.6. The van der Waals surface area contributed by atoms with Gasteiger partial charge in [-0.25, -0.2) is 9.48 Å². The van der Waals surface area contributed by atoms with E-state index in [1.807, 2.05) is 44.2 Å². The van der Waals surface area contributed by atoms with Crippen molar-refractivity contribution in [1.82, 2.24) is 14.3 Å². The molecule has 31 heavy (non-hydrogen) atoms. The van der Waals surface area contributed by atoms with Crippen LogP contribution in [0.5, 0.6) is 0 Å². The molecule has 0 saturated heterocycles. The number of ether oxygens (including phenoxy) is 1. The van der Waals surface area contributed by atoms with Gasteiger partial charge in [-0.3, -0.25) is 9.59 Å². The standard InChI is InChI=1S/C24H27N3O4/c1-6-12-26-15(2)13-20(17(26)4)21(28)14-31-24(30)23(29)22-16(3)25-27(18(22)5)19-10-8-7-9-11-19/h7-11,13H,6,12,14H2,1-5H3. The van der Waals surface area contributed by atoms with Gasteiger partial charge in [-0.05, 0) is 52.3 Å². The molecule has 2 aromatic heterocycles. The summed E-state index contributed by atoms with van der Waals surface area (Å²) in [5.74, 6) is -2.19. The van der Waals surface area contributed by atoms with Crippen LogP contribution in [-0.4, -0.2) is 38.5 Å². The summed E-state index contributed by atoms with van der Waals surface area (Å²) in [7, 11) is 0. The number of aromatic nitrogens is 3. The summed E-state index contributed by atoms with van der Waals surface area (Å²) in [4.78, 5) is 37.8. The first kappa shape index (κ1) is 22.2. The maximum Gasteiger partial charge on any atom is 0.380 e. The number of benzene rings is 1. The second kappa shape index (κ2) is 9.12. The molecule has 0 unspecified atom stereocenters. The highest BCUT2D eigenvalue weighted by atomic mass is 16.5. The number of carbonyl (C=O) groups is 3. The molecule has 0 saturated carbocycles. The van der Waals surface area contributed by atoms with Crippen LogP contribution in [0.15, 0.2) is 36.4 Å². The van der Waals surface area contributed by atoms with Crippen molar-refractivity contribution in [3.8, 4) is 5.69 Å². The van der Waals surface area contributed by atoms with Gasteiger partial charge in [-0.1, -0.05) is 25.1 Å². The average Bonchev–Trinajstić information content (AvgIpc) is 3.22. The van der Waals surface area contributed by atoms with Gasteiger partial charge in [-0.15, -0.1) is 0 Å². The molecule has 3 rings (SSSR count). The van der Waals surface area contributed by atoms with Crippen molar-refractivity contribution in [3.63, 3.8) is 0 Å². The molecule has 2 heterocycles. The number of esters is 1. The summed E-state index contributed by atoms with van der Waals surface area (Å²) in [6, 6.07) is 11.1. The van der Waals surface area contributed by atoms with Crippen molar-refractivity contribution in [2.24, 2.45) is 0 Å². The van der Waals surface area contributed by atoms with E-state index in [9.17, 15) is 14.4 Å². The molecular weight excluding hydrogens is 394 g/mol. The molecular formula is C24H27N3O4. The number of hydrogen-bond donors (Lipinski definition) is 0. The van der Waals surface area contributed by atoms with Gasteiger partial charge >= 0.3 is 5.97 Å². The fourth-order valence-corrected chi connectivity index (χ4v) is 3.82. The topological polar surface area (TPSA) is 83.2 Å². The van der Waals surface area contributed by atoms with Gasteiger partial charge in [0.05, 0.1) is 22.6 Å². The quantitative estimate of drug-likeness (QED) is 0.313. The van der Waals surface area contributed by atoms with Crippen molar-refractivity contribution in [2.75, 3.05) is 6.61 Å². The van der Waals surface area contributed by atoms with Crippen molar-refractivity contribution in [1.29, 1.82) is 0 Å². The van der Waals surface area contributed by atoms with E-state index in [4.69, 9.17) is 4.74 Å². The molecule has 1 aromatic carbocycles. The van der Waals surface area contributed by atoms with Crippen molar-refractivity contribution in [3.05, 3.63) is 70.3 Å². The number of carbonyl (C=O) groups excluding carboxylic acids is 3. The number of rotatable bonds is 8. The van der Waals surface area contributed by atoms with Crippen molar-refractivity contribution >= 4 is 17.5 Å². The Hall–Kier alpha value is -3.48. The monoisotopic (exact) mass is 421 g/mol. The van der Waals surface area contributed by atoms with Crippen LogP contribution < -0.4 is 0 Å². The van der Waals surface area contributed by atoms with Crippen LogP contribution in [0.2, 0.25) is 0 Å². The van der Waals surface area contributed by atoms with E-state index >= 15 is 0 Å². The lowest BCUT2D eigenvalue weighted by atomic mass is 10.1. The van der Waals surface area contributed by atoms with Gasteiger partial charge in [0.25, 0.3) is 5.78 Å². The van der Waals surface area contributed by atoms with E-state index in [1.165, 1.54) is 0 Å². The summed E-state index contributed by atoms with van der Waals surface area (Å²) < 4.78 is 8.75. The van der Waals surface area contributed by atoms with E-state index in [1.54, 1.807) is 24.6 Å². The third kappa shape index (κ3) is 4.35. The molecule has 3 aromatic rings. The Balaban J connectivity index is 1.74. The lowest BCUT2D eigenvalue weighted by molar-refractivity contribution is -0.137. The largest absolute Gasteiger partial charge is 0.451 e. The van der Waals surface area contributed by atoms with Crippen molar-refractivity contribution < 1.29 is 19.1 Å². The normalized spacial score (nSPS) is 10.9. The molecule has 0 radical (unpaired) electrons. The van der Waals surface area contributed by atoms with Gasteiger partial charge in [0, 0.05) is 23.5 Å². The molecule has 7 heteroatoms. The molecule has 0 fully saturated rings. The number of aryl methyl sites for hydroxylation is 2. The Labute approximate surface area is 181 Å². The Morgan fingerprint density at radius 3 is 2.32 bits per heavy atom. The summed E-state index contributed by atoms with van der Waals surface area (Å²) in [5.41, 5.74) is 4.27. The van der Waals surface area contributed by atoms with Gasteiger partial charge in [-0.2, -0.15) is 5.10 Å². The first-order valence-electron chi connectivity index (χ1n) is 10.3. The smallest absolute Gasteiger partial charge is 0.380 e. The number of para-hydroxylation sites is 1. The third-order valence-corrected chi connectivity index (χ3v) is 5.36. The van der Waals surface area contributed by atoms with Crippen LogP contribution >= 0.6 is 0 Å². The predicted molar refractivity (Wildman–Crippen MR) is 117 cm³/mol. The van der Waals surface area contributed by atoms with Gasteiger partial charge in [0.15, 0.2) is 6.61 Å². The minimum Gasteiger partial charge on any atom is -0.451 e. The fraction of sp³-hybridized carbons (Fsp3) is 0.333. The predicted octanol–water partition coefficient (Wildman–Crippen LogP) is 3.93. The Bertz CT molecular complexity index is 1140. The van der Waals surface area contributed by atoms with Crippen LogP contribution in [0.4, 0.5) is 0 Å². The van der Waals surface area contributed by atoms with Crippen LogP contribution in [0.3, 0.4) is 0 Å². The number of nitrogens with zero attached hydrogens (tertiary/aromatic N) is 3. The molecule has 0 aliphatic carbocycles.